The molecule has 1 heterocycles. The Bertz CT molecular complexity index is 1070. The molecule has 0 fully saturated rings. The predicted molar refractivity (Wildman–Crippen MR) is 118 cm³/mol. The molecule has 0 saturated heterocycles. The van der Waals surface area contributed by atoms with Crippen molar-refractivity contribution < 1.29 is 4.74 Å². The molecule has 0 atom stereocenters. The fourth-order valence-electron chi connectivity index (χ4n) is 3.79. The van der Waals surface area contributed by atoms with Gasteiger partial charge in [0.2, 0.25) is 0 Å². The van der Waals surface area contributed by atoms with E-state index < -0.39 is 0 Å². The molecule has 0 aliphatic heterocycles. The Morgan fingerprint density at radius 3 is 2.43 bits per heavy atom. The van der Waals surface area contributed by atoms with Crippen LogP contribution in [-0.4, -0.2) is 18.6 Å². The summed E-state index contributed by atoms with van der Waals surface area (Å²) in [6.07, 6.45) is 3.11. The van der Waals surface area contributed by atoms with Crippen molar-refractivity contribution in [2.45, 2.75) is 19.3 Å². The van der Waals surface area contributed by atoms with Gasteiger partial charge in [-0.05, 0) is 66.8 Å². The van der Waals surface area contributed by atoms with Crippen molar-refractivity contribution in [3.8, 4) is 28.1 Å². The van der Waals surface area contributed by atoms with E-state index in [9.17, 15) is 0 Å². The normalized spacial score (nSPS) is 11.1. The van der Waals surface area contributed by atoms with E-state index in [1.165, 1.54) is 33.3 Å². The second-order valence-electron chi connectivity index (χ2n) is 7.08. The van der Waals surface area contributed by atoms with Crippen LogP contribution in [0.2, 0.25) is 0 Å². The standard InChI is InChI=1S/C25H26N2O/c1-28-21-11-7-10-20(16-21)25-22(12-5-6-15-26)23-17-19(13-14-24(23)27-25)18-8-3-2-4-9-18/h2-4,7-11,13-14,16-17,27H,5-6,12,15,26H2,1H3. The lowest BCUT2D eigenvalue weighted by Crippen LogP contribution is -1.99. The van der Waals surface area contributed by atoms with E-state index >= 15 is 0 Å². The summed E-state index contributed by atoms with van der Waals surface area (Å²) >= 11 is 0. The molecule has 0 aliphatic rings. The van der Waals surface area contributed by atoms with Crippen LogP contribution in [0, 0.1) is 0 Å². The van der Waals surface area contributed by atoms with Gasteiger partial charge >= 0.3 is 0 Å². The minimum absolute atomic E-state index is 0.728. The average Bonchev–Trinajstić information content (AvgIpc) is 3.12. The van der Waals surface area contributed by atoms with Gasteiger partial charge in [0, 0.05) is 22.2 Å². The highest BCUT2D eigenvalue weighted by atomic mass is 16.5. The Kier molecular flexibility index (Phi) is 5.45. The lowest BCUT2D eigenvalue weighted by molar-refractivity contribution is 0.415. The van der Waals surface area contributed by atoms with Crippen LogP contribution >= 0.6 is 0 Å². The molecule has 3 aromatic carbocycles. The van der Waals surface area contributed by atoms with E-state index in [-0.39, 0.29) is 0 Å². The number of ether oxygens (including phenoxy) is 1. The highest BCUT2D eigenvalue weighted by Crippen LogP contribution is 2.35. The largest absolute Gasteiger partial charge is 0.497 e. The van der Waals surface area contributed by atoms with E-state index in [1.54, 1.807) is 7.11 Å². The lowest BCUT2D eigenvalue weighted by Gasteiger charge is -2.08. The molecule has 3 nitrogen and oxygen atoms in total. The van der Waals surface area contributed by atoms with Crippen LogP contribution in [0.1, 0.15) is 18.4 Å². The number of benzene rings is 3. The predicted octanol–water partition coefficient (Wildman–Crippen LogP) is 5.79. The Hall–Kier alpha value is -3.04. The summed E-state index contributed by atoms with van der Waals surface area (Å²) in [6, 6.07) is 25.5. The highest BCUT2D eigenvalue weighted by molar-refractivity contribution is 5.94. The summed E-state index contributed by atoms with van der Waals surface area (Å²) in [4.78, 5) is 3.65. The number of rotatable bonds is 7. The number of hydrogen-bond donors (Lipinski definition) is 2. The molecule has 4 rings (SSSR count). The first kappa shape index (κ1) is 18.3. The third kappa shape index (κ3) is 3.67. The van der Waals surface area contributed by atoms with Crippen molar-refractivity contribution >= 4 is 10.9 Å². The third-order valence-electron chi connectivity index (χ3n) is 5.25. The lowest BCUT2D eigenvalue weighted by atomic mass is 9.97. The van der Waals surface area contributed by atoms with Crippen LogP contribution in [0.25, 0.3) is 33.3 Å². The Morgan fingerprint density at radius 1 is 0.821 bits per heavy atom. The number of unbranched alkanes of at least 4 members (excludes halogenated alkanes) is 1. The number of aromatic amines is 1. The quantitative estimate of drug-likeness (QED) is 0.404. The third-order valence-corrected chi connectivity index (χ3v) is 5.25. The van der Waals surface area contributed by atoms with Crippen LogP contribution in [0.5, 0.6) is 5.75 Å². The van der Waals surface area contributed by atoms with E-state index in [4.69, 9.17) is 10.5 Å². The average molecular weight is 370 g/mol. The van der Waals surface area contributed by atoms with Gasteiger partial charge in [0.05, 0.1) is 7.11 Å². The van der Waals surface area contributed by atoms with Crippen molar-refractivity contribution in [1.82, 2.24) is 4.98 Å². The molecule has 0 amide bonds. The second-order valence-corrected chi connectivity index (χ2v) is 7.08. The number of nitrogens with one attached hydrogen (secondary N) is 1. The van der Waals surface area contributed by atoms with Crippen molar-refractivity contribution in [3.05, 3.63) is 78.4 Å². The second kappa shape index (κ2) is 8.32. The fraction of sp³-hybridized carbons (Fsp3) is 0.200. The summed E-state index contributed by atoms with van der Waals surface area (Å²) in [6.45, 7) is 0.728. The first-order valence-electron chi connectivity index (χ1n) is 9.84. The van der Waals surface area contributed by atoms with Crippen LogP contribution in [0.3, 0.4) is 0 Å². The SMILES string of the molecule is COc1cccc(-c2[nH]c3ccc(-c4ccccc4)cc3c2CCCCN)c1. The molecule has 0 saturated carbocycles. The van der Waals surface area contributed by atoms with Crippen LogP contribution in [0.15, 0.2) is 72.8 Å². The zero-order valence-corrected chi connectivity index (χ0v) is 16.2. The van der Waals surface area contributed by atoms with E-state index in [2.05, 4.69) is 65.6 Å². The van der Waals surface area contributed by atoms with Gasteiger partial charge in [0.1, 0.15) is 5.75 Å². The molecule has 3 heteroatoms. The van der Waals surface area contributed by atoms with Gasteiger partial charge in [-0.2, -0.15) is 0 Å². The minimum Gasteiger partial charge on any atom is -0.497 e. The van der Waals surface area contributed by atoms with Crippen molar-refractivity contribution in [2.75, 3.05) is 13.7 Å². The summed E-state index contributed by atoms with van der Waals surface area (Å²) in [7, 11) is 1.71. The number of nitrogens with two attached hydrogens (primary N) is 1. The molecule has 0 radical (unpaired) electrons. The van der Waals surface area contributed by atoms with Gasteiger partial charge in [-0.3, -0.25) is 0 Å². The summed E-state index contributed by atoms with van der Waals surface area (Å²) in [5.41, 5.74) is 13.1. The molecular weight excluding hydrogens is 344 g/mol. The first-order chi connectivity index (χ1) is 13.8. The summed E-state index contributed by atoms with van der Waals surface area (Å²) in [5, 5.41) is 1.29. The fourth-order valence-corrected chi connectivity index (χ4v) is 3.79. The number of fused-ring (bicyclic) bond motifs is 1. The minimum atomic E-state index is 0.728. The van der Waals surface area contributed by atoms with Crippen LogP contribution < -0.4 is 10.5 Å². The molecule has 142 valence electrons. The molecule has 0 aliphatic carbocycles. The zero-order chi connectivity index (χ0) is 19.3. The number of H-pyrrole nitrogens is 1. The Morgan fingerprint density at radius 2 is 1.64 bits per heavy atom. The Balaban J connectivity index is 1.85. The van der Waals surface area contributed by atoms with Gasteiger partial charge in [-0.1, -0.05) is 48.5 Å². The molecule has 0 bridgehead atoms. The van der Waals surface area contributed by atoms with Gasteiger partial charge in [0.15, 0.2) is 0 Å². The maximum atomic E-state index is 5.74. The van der Waals surface area contributed by atoms with Gasteiger partial charge in [-0.25, -0.2) is 0 Å². The summed E-state index contributed by atoms with van der Waals surface area (Å²) < 4.78 is 5.44. The van der Waals surface area contributed by atoms with Crippen molar-refractivity contribution in [2.24, 2.45) is 5.73 Å². The smallest absolute Gasteiger partial charge is 0.119 e. The molecule has 1 aromatic heterocycles. The van der Waals surface area contributed by atoms with Gasteiger partial charge in [0.25, 0.3) is 0 Å². The van der Waals surface area contributed by atoms with Gasteiger partial charge in [-0.15, -0.1) is 0 Å². The number of methoxy groups -OCH3 is 1. The first-order valence-corrected chi connectivity index (χ1v) is 9.84. The van der Waals surface area contributed by atoms with Crippen molar-refractivity contribution in [3.63, 3.8) is 0 Å². The molecule has 0 unspecified atom stereocenters. The number of hydrogen-bond acceptors (Lipinski definition) is 2. The van der Waals surface area contributed by atoms with Crippen LogP contribution in [-0.2, 0) is 6.42 Å². The molecule has 3 N–H and O–H groups in total. The Labute approximate surface area is 166 Å². The maximum Gasteiger partial charge on any atom is 0.119 e. The molecule has 4 aromatic rings. The van der Waals surface area contributed by atoms with E-state index in [0.29, 0.717) is 0 Å². The van der Waals surface area contributed by atoms with Gasteiger partial charge < -0.3 is 15.5 Å². The maximum absolute atomic E-state index is 5.74. The molecule has 28 heavy (non-hydrogen) atoms. The van der Waals surface area contributed by atoms with Crippen molar-refractivity contribution in [1.29, 1.82) is 0 Å². The highest BCUT2D eigenvalue weighted by Gasteiger charge is 2.14. The monoisotopic (exact) mass is 370 g/mol. The van der Waals surface area contributed by atoms with Crippen LogP contribution in [0.4, 0.5) is 0 Å². The topological polar surface area (TPSA) is 51.0 Å². The van der Waals surface area contributed by atoms with E-state index in [0.717, 1.165) is 37.1 Å². The summed E-state index contributed by atoms with van der Waals surface area (Å²) in [5.74, 6) is 0.869. The number of aryl methyl sites for hydroxylation is 1. The molecular formula is C25H26N2O. The number of aromatic nitrogens is 1. The van der Waals surface area contributed by atoms with E-state index in [1.807, 2.05) is 12.1 Å². The zero-order valence-electron chi connectivity index (χ0n) is 16.2. The molecule has 0 spiro atoms.